The molecule has 136 valence electrons. The third kappa shape index (κ3) is 3.90. The van der Waals surface area contributed by atoms with Crippen molar-refractivity contribution in [2.24, 2.45) is 0 Å². The number of hydrogen-bond acceptors (Lipinski definition) is 6. The molecule has 0 aliphatic rings. The fraction of sp³-hybridized carbons (Fsp3) is 0.150. The second-order valence-electron chi connectivity index (χ2n) is 5.98. The summed E-state index contributed by atoms with van der Waals surface area (Å²) in [4.78, 5) is 26.2. The Morgan fingerprint density at radius 2 is 1.96 bits per heavy atom. The van der Waals surface area contributed by atoms with Crippen molar-refractivity contribution in [2.75, 3.05) is 30.9 Å². The lowest BCUT2D eigenvalue weighted by Gasteiger charge is -2.13. The van der Waals surface area contributed by atoms with Crippen LogP contribution >= 0.6 is 0 Å². The quantitative estimate of drug-likeness (QED) is 0.700. The number of nitriles is 1. The number of carbonyl (C=O) groups is 2. The molecule has 1 heterocycles. The van der Waals surface area contributed by atoms with Gasteiger partial charge in [-0.2, -0.15) is 5.26 Å². The summed E-state index contributed by atoms with van der Waals surface area (Å²) in [6.07, 6.45) is 0. The van der Waals surface area contributed by atoms with Gasteiger partial charge in [0, 0.05) is 25.2 Å². The van der Waals surface area contributed by atoms with Crippen molar-refractivity contribution in [1.82, 2.24) is 0 Å². The van der Waals surface area contributed by atoms with Crippen LogP contribution in [0.4, 0.5) is 11.4 Å². The number of furan rings is 1. The Balaban J connectivity index is 1.68. The van der Waals surface area contributed by atoms with Gasteiger partial charge in [-0.05, 0) is 30.3 Å². The minimum Gasteiger partial charge on any atom is -0.452 e. The summed E-state index contributed by atoms with van der Waals surface area (Å²) in [7, 11) is 3.72. The van der Waals surface area contributed by atoms with Crippen LogP contribution in [0.25, 0.3) is 11.0 Å². The first-order valence-electron chi connectivity index (χ1n) is 8.15. The van der Waals surface area contributed by atoms with E-state index in [9.17, 15) is 14.9 Å². The lowest BCUT2D eigenvalue weighted by Crippen LogP contribution is -2.21. The van der Waals surface area contributed by atoms with Gasteiger partial charge in [0.15, 0.2) is 6.61 Å². The van der Waals surface area contributed by atoms with E-state index in [4.69, 9.17) is 9.15 Å². The molecule has 7 heteroatoms. The highest BCUT2D eigenvalue weighted by atomic mass is 16.5. The zero-order valence-corrected chi connectivity index (χ0v) is 14.9. The van der Waals surface area contributed by atoms with Crippen molar-refractivity contribution in [3.63, 3.8) is 0 Å². The molecule has 0 bridgehead atoms. The highest BCUT2D eigenvalue weighted by Crippen LogP contribution is 2.30. The van der Waals surface area contributed by atoms with E-state index < -0.39 is 18.5 Å². The van der Waals surface area contributed by atoms with Crippen molar-refractivity contribution in [2.45, 2.75) is 0 Å². The van der Waals surface area contributed by atoms with E-state index >= 15 is 0 Å². The van der Waals surface area contributed by atoms with Gasteiger partial charge in [-0.1, -0.05) is 18.2 Å². The maximum absolute atomic E-state index is 12.2. The molecular formula is C20H17N3O4. The number of anilines is 2. The van der Waals surface area contributed by atoms with Crippen LogP contribution in [0, 0.1) is 11.3 Å². The molecule has 2 aromatic carbocycles. The number of nitrogens with zero attached hydrogens (tertiary/aromatic N) is 2. The predicted octanol–water partition coefficient (Wildman–Crippen LogP) is 3.17. The molecule has 3 rings (SSSR count). The molecule has 3 aromatic rings. The molecule has 0 aliphatic carbocycles. The summed E-state index contributed by atoms with van der Waals surface area (Å²) in [5, 5.41) is 12.4. The van der Waals surface area contributed by atoms with E-state index in [-0.39, 0.29) is 11.4 Å². The summed E-state index contributed by atoms with van der Waals surface area (Å²) in [5.74, 6) is -1.17. The smallest absolute Gasteiger partial charge is 0.338 e. The largest absolute Gasteiger partial charge is 0.452 e. The van der Waals surface area contributed by atoms with Gasteiger partial charge < -0.3 is 19.4 Å². The van der Waals surface area contributed by atoms with Crippen LogP contribution in [0.1, 0.15) is 16.1 Å². The van der Waals surface area contributed by atoms with Gasteiger partial charge in [0.05, 0.1) is 5.56 Å². The fourth-order valence-corrected chi connectivity index (χ4v) is 2.55. The first kappa shape index (κ1) is 18.0. The summed E-state index contributed by atoms with van der Waals surface area (Å²) >= 11 is 0. The Morgan fingerprint density at radius 3 is 2.70 bits per heavy atom. The molecule has 1 aromatic heterocycles. The van der Waals surface area contributed by atoms with E-state index in [1.165, 1.54) is 0 Å². The molecule has 0 fully saturated rings. The number of fused-ring (bicyclic) bond motifs is 1. The van der Waals surface area contributed by atoms with Crippen LogP contribution in [-0.4, -0.2) is 32.6 Å². The molecule has 1 amide bonds. The number of esters is 1. The lowest BCUT2D eigenvalue weighted by atomic mass is 10.2. The van der Waals surface area contributed by atoms with Crippen LogP contribution < -0.4 is 10.2 Å². The molecule has 1 N–H and O–H groups in total. The third-order valence-corrected chi connectivity index (χ3v) is 3.89. The lowest BCUT2D eigenvalue weighted by molar-refractivity contribution is -0.119. The zero-order chi connectivity index (χ0) is 19.4. The molecule has 0 unspecified atom stereocenters. The number of ether oxygens (including phenoxy) is 1. The number of benzene rings is 2. The monoisotopic (exact) mass is 363 g/mol. The maximum Gasteiger partial charge on any atom is 0.338 e. The standard InChI is InChI=1S/C20H17N3O4/c1-23(2)14-7-5-6-13(10-14)20(25)26-12-18(24)22-19-15-8-3-4-9-16(15)27-17(19)11-21/h3-10H,12H2,1-2H3,(H,22,24). The summed E-state index contributed by atoms with van der Waals surface area (Å²) in [6.45, 7) is -0.477. The van der Waals surface area contributed by atoms with Crippen LogP contribution in [0.3, 0.4) is 0 Å². The normalized spacial score (nSPS) is 10.3. The number of nitrogens with one attached hydrogen (secondary N) is 1. The van der Waals surface area contributed by atoms with E-state index in [0.29, 0.717) is 16.5 Å². The van der Waals surface area contributed by atoms with Gasteiger partial charge in [0.1, 0.15) is 17.3 Å². The van der Waals surface area contributed by atoms with E-state index in [1.54, 1.807) is 42.5 Å². The Bertz CT molecular complexity index is 1050. The molecule has 27 heavy (non-hydrogen) atoms. The number of para-hydroxylation sites is 1. The van der Waals surface area contributed by atoms with E-state index in [1.807, 2.05) is 31.1 Å². The number of rotatable bonds is 5. The van der Waals surface area contributed by atoms with Crippen molar-refractivity contribution in [3.8, 4) is 6.07 Å². The number of amides is 1. The van der Waals surface area contributed by atoms with E-state index in [0.717, 1.165) is 5.69 Å². The molecule has 0 aliphatic heterocycles. The molecule has 7 nitrogen and oxygen atoms in total. The Morgan fingerprint density at radius 1 is 1.19 bits per heavy atom. The molecule has 0 atom stereocenters. The van der Waals surface area contributed by atoms with E-state index in [2.05, 4.69) is 5.32 Å². The van der Waals surface area contributed by atoms with Gasteiger partial charge in [-0.25, -0.2) is 4.79 Å². The number of carbonyl (C=O) groups excluding carboxylic acids is 2. The summed E-state index contributed by atoms with van der Waals surface area (Å²) in [6, 6.07) is 15.8. The summed E-state index contributed by atoms with van der Waals surface area (Å²) in [5.41, 5.74) is 1.95. The highest BCUT2D eigenvalue weighted by Gasteiger charge is 2.17. The Hall–Kier alpha value is -3.79. The molecule has 0 radical (unpaired) electrons. The van der Waals surface area contributed by atoms with Crippen LogP contribution in [0.2, 0.25) is 0 Å². The second kappa shape index (κ2) is 7.62. The summed E-state index contributed by atoms with van der Waals surface area (Å²) < 4.78 is 10.5. The second-order valence-corrected chi connectivity index (χ2v) is 5.98. The van der Waals surface area contributed by atoms with Crippen molar-refractivity contribution in [1.29, 1.82) is 5.26 Å². The Kier molecular flexibility index (Phi) is 5.08. The first-order valence-corrected chi connectivity index (χ1v) is 8.15. The van der Waals surface area contributed by atoms with Gasteiger partial charge in [0.2, 0.25) is 5.76 Å². The maximum atomic E-state index is 12.2. The van der Waals surface area contributed by atoms with Crippen molar-refractivity contribution < 1.29 is 18.7 Å². The fourth-order valence-electron chi connectivity index (χ4n) is 2.55. The predicted molar refractivity (Wildman–Crippen MR) is 101 cm³/mol. The molecule has 0 saturated carbocycles. The average Bonchev–Trinajstić information content (AvgIpc) is 3.03. The minimum atomic E-state index is -0.605. The molecule has 0 saturated heterocycles. The third-order valence-electron chi connectivity index (χ3n) is 3.89. The Labute approximate surface area is 155 Å². The van der Waals surface area contributed by atoms with Gasteiger partial charge >= 0.3 is 5.97 Å². The first-order chi connectivity index (χ1) is 13.0. The average molecular weight is 363 g/mol. The molecule has 0 spiro atoms. The van der Waals surface area contributed by atoms with Gasteiger partial charge in [-0.3, -0.25) is 4.79 Å². The SMILES string of the molecule is CN(C)c1cccc(C(=O)OCC(=O)Nc2c(C#N)oc3ccccc23)c1. The van der Waals surface area contributed by atoms with Gasteiger partial charge in [-0.15, -0.1) is 0 Å². The van der Waals surface area contributed by atoms with Crippen LogP contribution in [0.15, 0.2) is 52.9 Å². The highest BCUT2D eigenvalue weighted by molar-refractivity contribution is 6.04. The van der Waals surface area contributed by atoms with Crippen LogP contribution in [0.5, 0.6) is 0 Å². The number of hydrogen-bond donors (Lipinski definition) is 1. The topological polar surface area (TPSA) is 95.6 Å². The molecular weight excluding hydrogens is 346 g/mol. The van der Waals surface area contributed by atoms with Crippen molar-refractivity contribution >= 4 is 34.2 Å². The van der Waals surface area contributed by atoms with Crippen molar-refractivity contribution in [3.05, 3.63) is 59.9 Å². The van der Waals surface area contributed by atoms with Gasteiger partial charge in [0.25, 0.3) is 5.91 Å². The van der Waals surface area contributed by atoms with Crippen LogP contribution in [-0.2, 0) is 9.53 Å². The minimum absolute atomic E-state index is 0.00504. The zero-order valence-electron chi connectivity index (χ0n) is 14.9.